The molecule has 3 rings (SSSR count). The lowest BCUT2D eigenvalue weighted by molar-refractivity contribution is -0.385. The Balaban J connectivity index is 1.93. The predicted octanol–water partition coefficient (Wildman–Crippen LogP) is 2.13. The molecule has 1 aromatic rings. The van der Waals surface area contributed by atoms with Crippen molar-refractivity contribution in [1.29, 1.82) is 0 Å². The molecule has 1 saturated heterocycles. The molecule has 0 spiro atoms. The van der Waals surface area contributed by atoms with Crippen LogP contribution in [-0.2, 0) is 16.0 Å². The number of rotatable bonds is 4. The Hall–Kier alpha value is -2.44. The van der Waals surface area contributed by atoms with Crippen LogP contribution in [0.2, 0.25) is 0 Å². The van der Waals surface area contributed by atoms with Crippen LogP contribution in [0.15, 0.2) is 18.2 Å². The Kier molecular flexibility index (Phi) is 4.26. The van der Waals surface area contributed by atoms with E-state index in [1.54, 1.807) is 21.9 Å². The Morgan fingerprint density at radius 2 is 2.00 bits per heavy atom. The molecular weight excluding hydrogens is 310 g/mol. The summed E-state index contributed by atoms with van der Waals surface area (Å²) in [6.07, 6.45) is 1.73. The van der Waals surface area contributed by atoms with E-state index < -0.39 is 11.0 Å². The van der Waals surface area contributed by atoms with Crippen LogP contribution in [0.4, 0.5) is 11.4 Å². The second-order valence-electron chi connectivity index (χ2n) is 6.65. The zero-order chi connectivity index (χ0) is 17.4. The van der Waals surface area contributed by atoms with Gasteiger partial charge in [-0.05, 0) is 24.8 Å². The van der Waals surface area contributed by atoms with Gasteiger partial charge in [-0.1, -0.05) is 19.9 Å². The summed E-state index contributed by atoms with van der Waals surface area (Å²) in [7, 11) is 0. The maximum Gasteiger partial charge on any atom is 0.274 e. The summed E-state index contributed by atoms with van der Waals surface area (Å²) in [4.78, 5) is 39.3. The van der Waals surface area contributed by atoms with Crippen LogP contribution in [0.5, 0.6) is 0 Å². The first-order valence-corrected chi connectivity index (χ1v) is 8.29. The highest BCUT2D eigenvalue weighted by Crippen LogP contribution is 2.36. The zero-order valence-electron chi connectivity index (χ0n) is 13.9. The minimum absolute atomic E-state index is 0.0118. The summed E-state index contributed by atoms with van der Waals surface area (Å²) in [5, 5.41) is 11.2. The summed E-state index contributed by atoms with van der Waals surface area (Å²) in [6, 6.07) is 4.31. The molecule has 1 atom stereocenters. The first-order valence-electron chi connectivity index (χ1n) is 8.29. The van der Waals surface area contributed by atoms with Crippen LogP contribution in [0.25, 0.3) is 0 Å². The third-order valence-electron chi connectivity index (χ3n) is 4.80. The van der Waals surface area contributed by atoms with Gasteiger partial charge in [0.25, 0.3) is 5.69 Å². The highest BCUT2D eigenvalue weighted by Gasteiger charge is 2.40. The molecule has 2 aliphatic rings. The van der Waals surface area contributed by atoms with E-state index in [0.29, 0.717) is 37.2 Å². The van der Waals surface area contributed by atoms with Crippen LogP contribution >= 0.6 is 0 Å². The van der Waals surface area contributed by atoms with Gasteiger partial charge in [-0.2, -0.15) is 0 Å². The summed E-state index contributed by atoms with van der Waals surface area (Å²) in [6.45, 7) is 4.88. The van der Waals surface area contributed by atoms with E-state index >= 15 is 0 Å². The largest absolute Gasteiger partial charge is 0.330 e. The van der Waals surface area contributed by atoms with Crippen molar-refractivity contribution in [3.63, 3.8) is 0 Å². The highest BCUT2D eigenvalue weighted by atomic mass is 16.6. The molecule has 2 amide bonds. The smallest absolute Gasteiger partial charge is 0.274 e. The summed E-state index contributed by atoms with van der Waals surface area (Å²) in [5.41, 5.74) is 1.26. The number of benzene rings is 1. The highest BCUT2D eigenvalue weighted by molar-refractivity contribution is 6.01. The molecule has 0 aromatic heterocycles. The molecule has 0 saturated carbocycles. The van der Waals surface area contributed by atoms with Crippen LogP contribution in [0, 0.1) is 16.0 Å². The number of carbonyl (C=O) groups excluding carboxylic acids is 2. The topological polar surface area (TPSA) is 83.8 Å². The van der Waals surface area contributed by atoms with Crippen molar-refractivity contribution in [3.8, 4) is 0 Å². The van der Waals surface area contributed by atoms with Gasteiger partial charge in [0.1, 0.15) is 6.04 Å². The standard InChI is InChI=1S/C17H21N3O4/c1-11(2)16(19-9-4-7-15(19)21)17(22)18-10-8-12-13(18)5-3-6-14(12)20(23)24/h3,5-6,11,16H,4,7-10H2,1-2H3/t16-/m1/s1. The average Bonchev–Trinajstić information content (AvgIpc) is 3.13. The molecule has 24 heavy (non-hydrogen) atoms. The molecule has 7 heteroatoms. The third-order valence-corrected chi connectivity index (χ3v) is 4.80. The monoisotopic (exact) mass is 331 g/mol. The quantitative estimate of drug-likeness (QED) is 0.625. The maximum absolute atomic E-state index is 13.1. The number of nitrogens with zero attached hydrogens (tertiary/aromatic N) is 3. The van der Waals surface area contributed by atoms with Crippen LogP contribution in [-0.4, -0.2) is 40.8 Å². The van der Waals surface area contributed by atoms with Gasteiger partial charge in [0.05, 0.1) is 16.2 Å². The molecule has 2 aliphatic heterocycles. The molecule has 128 valence electrons. The molecule has 7 nitrogen and oxygen atoms in total. The number of hydrogen-bond donors (Lipinski definition) is 0. The van der Waals surface area contributed by atoms with Crippen molar-refractivity contribution in [2.75, 3.05) is 18.0 Å². The Morgan fingerprint density at radius 1 is 1.25 bits per heavy atom. The Labute approximate surface area is 140 Å². The van der Waals surface area contributed by atoms with Crippen LogP contribution in [0.1, 0.15) is 32.3 Å². The van der Waals surface area contributed by atoms with E-state index in [-0.39, 0.29) is 23.4 Å². The molecule has 0 radical (unpaired) electrons. The number of carbonyl (C=O) groups is 2. The lowest BCUT2D eigenvalue weighted by atomic mass is 10.0. The van der Waals surface area contributed by atoms with Gasteiger partial charge in [-0.15, -0.1) is 0 Å². The van der Waals surface area contributed by atoms with Crippen molar-refractivity contribution in [2.45, 2.75) is 39.2 Å². The fourth-order valence-corrected chi connectivity index (χ4v) is 3.72. The molecule has 0 unspecified atom stereocenters. The van der Waals surface area contributed by atoms with Crippen molar-refractivity contribution in [2.24, 2.45) is 5.92 Å². The van der Waals surface area contributed by atoms with Crippen molar-refractivity contribution in [3.05, 3.63) is 33.9 Å². The number of anilines is 1. The number of nitro benzene ring substituents is 1. The van der Waals surface area contributed by atoms with Gasteiger partial charge in [-0.3, -0.25) is 19.7 Å². The molecule has 1 aromatic carbocycles. The third kappa shape index (κ3) is 2.64. The van der Waals surface area contributed by atoms with Gasteiger partial charge in [0.15, 0.2) is 0 Å². The van der Waals surface area contributed by atoms with Crippen LogP contribution < -0.4 is 4.90 Å². The fraction of sp³-hybridized carbons (Fsp3) is 0.529. The van der Waals surface area contributed by atoms with E-state index in [0.717, 1.165) is 6.42 Å². The normalized spacial score (nSPS) is 18.2. The van der Waals surface area contributed by atoms with Gasteiger partial charge >= 0.3 is 0 Å². The predicted molar refractivity (Wildman–Crippen MR) is 88.7 cm³/mol. The number of nitro groups is 1. The molecule has 2 heterocycles. The molecular formula is C17H21N3O4. The number of fused-ring (bicyclic) bond motifs is 1. The van der Waals surface area contributed by atoms with Gasteiger partial charge in [-0.25, -0.2) is 0 Å². The zero-order valence-corrected chi connectivity index (χ0v) is 13.9. The second kappa shape index (κ2) is 6.22. The van der Waals surface area contributed by atoms with E-state index in [1.165, 1.54) is 6.07 Å². The molecule has 0 N–H and O–H groups in total. The molecule has 0 aliphatic carbocycles. The van der Waals surface area contributed by atoms with Crippen LogP contribution in [0.3, 0.4) is 0 Å². The maximum atomic E-state index is 13.1. The van der Waals surface area contributed by atoms with E-state index in [9.17, 15) is 19.7 Å². The minimum Gasteiger partial charge on any atom is -0.330 e. The van der Waals surface area contributed by atoms with Gasteiger partial charge in [0, 0.05) is 25.6 Å². The van der Waals surface area contributed by atoms with Crippen molar-refractivity contribution < 1.29 is 14.5 Å². The number of amides is 2. The van der Waals surface area contributed by atoms with E-state index in [2.05, 4.69) is 0 Å². The van der Waals surface area contributed by atoms with Gasteiger partial charge < -0.3 is 9.80 Å². The molecule has 0 bridgehead atoms. The average molecular weight is 331 g/mol. The Bertz CT molecular complexity index is 701. The molecule has 1 fully saturated rings. The summed E-state index contributed by atoms with van der Waals surface area (Å²) < 4.78 is 0. The second-order valence-corrected chi connectivity index (χ2v) is 6.65. The van der Waals surface area contributed by atoms with Crippen molar-refractivity contribution in [1.82, 2.24) is 4.90 Å². The minimum atomic E-state index is -0.509. The number of likely N-dealkylation sites (tertiary alicyclic amines) is 1. The van der Waals surface area contributed by atoms with E-state index in [1.807, 2.05) is 13.8 Å². The lowest BCUT2D eigenvalue weighted by Crippen LogP contribution is -2.51. The van der Waals surface area contributed by atoms with Gasteiger partial charge in [0.2, 0.25) is 11.8 Å². The first kappa shape index (κ1) is 16.4. The fourth-order valence-electron chi connectivity index (χ4n) is 3.72. The van der Waals surface area contributed by atoms with E-state index in [4.69, 9.17) is 0 Å². The Morgan fingerprint density at radius 3 is 2.58 bits per heavy atom. The summed E-state index contributed by atoms with van der Waals surface area (Å²) >= 11 is 0. The number of hydrogen-bond acceptors (Lipinski definition) is 4. The van der Waals surface area contributed by atoms with Crippen molar-refractivity contribution >= 4 is 23.2 Å². The SMILES string of the molecule is CC(C)[C@H](C(=O)N1CCc2c1cccc2[N+](=O)[O-])N1CCCC1=O. The lowest BCUT2D eigenvalue weighted by Gasteiger charge is -2.33. The summed E-state index contributed by atoms with van der Waals surface area (Å²) in [5.74, 6) is -0.137. The first-order chi connectivity index (χ1) is 11.4.